The minimum absolute atomic E-state index is 0.248. The lowest BCUT2D eigenvalue weighted by Gasteiger charge is -2.27. The first-order valence-corrected chi connectivity index (χ1v) is 8.78. The first-order chi connectivity index (χ1) is 13.4. The van der Waals surface area contributed by atoms with E-state index < -0.39 is 30.6 Å². The number of anilines is 1. The van der Waals surface area contributed by atoms with Crippen LogP contribution in [0.1, 0.15) is 24.3 Å². The maximum atomic E-state index is 10.8. The van der Waals surface area contributed by atoms with Crippen LogP contribution >= 0.6 is 0 Å². The second-order valence-corrected chi connectivity index (χ2v) is 6.90. The Morgan fingerprint density at radius 2 is 2.00 bits per heavy atom. The number of ether oxygens (including phenoxy) is 1. The van der Waals surface area contributed by atoms with Crippen molar-refractivity contribution in [3.63, 3.8) is 0 Å². The Bertz CT molecular complexity index is 1070. The number of nitrogen functional groups attached to an aromatic ring is 1. The van der Waals surface area contributed by atoms with E-state index in [9.17, 15) is 15.3 Å². The third-order valence-electron chi connectivity index (χ3n) is 4.94. The zero-order chi connectivity index (χ0) is 19.9. The molecule has 4 atom stereocenters. The van der Waals surface area contributed by atoms with E-state index in [0.717, 1.165) is 5.56 Å². The molecule has 0 spiro atoms. The number of aliphatic hydroxyl groups is 3. The van der Waals surface area contributed by atoms with E-state index >= 15 is 0 Å². The maximum absolute atomic E-state index is 10.8. The van der Waals surface area contributed by atoms with Gasteiger partial charge in [-0.15, -0.1) is 0 Å². The number of benzene rings is 1. The Morgan fingerprint density at radius 1 is 1.25 bits per heavy atom. The van der Waals surface area contributed by atoms with Gasteiger partial charge in [0, 0.05) is 11.8 Å². The van der Waals surface area contributed by atoms with Gasteiger partial charge in [0.15, 0.2) is 6.23 Å². The van der Waals surface area contributed by atoms with Crippen LogP contribution in [0.4, 0.5) is 5.82 Å². The van der Waals surface area contributed by atoms with Gasteiger partial charge in [0.05, 0.1) is 17.6 Å². The van der Waals surface area contributed by atoms with Gasteiger partial charge in [0.25, 0.3) is 0 Å². The van der Waals surface area contributed by atoms with Crippen LogP contribution in [0, 0.1) is 11.8 Å². The molecular formula is C20H20N4O4. The smallest absolute Gasteiger partial charge is 0.167 e. The molecule has 0 unspecified atom stereocenters. The second kappa shape index (κ2) is 6.89. The van der Waals surface area contributed by atoms with Crippen LogP contribution in [-0.4, -0.2) is 54.3 Å². The molecule has 144 valence electrons. The fourth-order valence-electron chi connectivity index (χ4n) is 3.43. The summed E-state index contributed by atoms with van der Waals surface area (Å²) in [4.78, 5) is 8.31. The maximum Gasteiger partial charge on any atom is 0.167 e. The molecule has 3 aromatic rings. The van der Waals surface area contributed by atoms with Gasteiger partial charge in [0.1, 0.15) is 35.6 Å². The highest BCUT2D eigenvalue weighted by atomic mass is 16.6. The van der Waals surface area contributed by atoms with Gasteiger partial charge in [-0.25, -0.2) is 9.97 Å². The van der Waals surface area contributed by atoms with Gasteiger partial charge in [-0.1, -0.05) is 30.0 Å². The lowest BCUT2D eigenvalue weighted by Crippen LogP contribution is -2.44. The standard InChI is InChI=1S/C20H20N4O4/c1-20(27)16(26)14(10-25)28-19(20)24-9-13(8-7-12-5-3-2-4-6-12)15-17(21)22-11-23-18(15)24/h2-6,9,11,14,16,19,25-27H,10H2,1H3,(H2,21,22,23)/t14-,16-,19-,20-/m1/s1. The summed E-state index contributed by atoms with van der Waals surface area (Å²) >= 11 is 0. The van der Waals surface area contributed by atoms with E-state index in [1.54, 1.807) is 10.8 Å². The number of nitrogens with two attached hydrogens (primary N) is 1. The van der Waals surface area contributed by atoms with Crippen molar-refractivity contribution >= 4 is 16.9 Å². The zero-order valence-corrected chi connectivity index (χ0v) is 15.1. The summed E-state index contributed by atoms with van der Waals surface area (Å²) in [5.74, 6) is 6.39. The average molecular weight is 380 g/mol. The van der Waals surface area contributed by atoms with Crippen LogP contribution in [0.15, 0.2) is 42.9 Å². The summed E-state index contributed by atoms with van der Waals surface area (Å²) in [6.45, 7) is 1.02. The van der Waals surface area contributed by atoms with Crippen LogP contribution in [-0.2, 0) is 4.74 Å². The molecule has 8 nitrogen and oxygen atoms in total. The number of hydrogen-bond acceptors (Lipinski definition) is 7. The fraction of sp³-hybridized carbons (Fsp3) is 0.300. The third-order valence-corrected chi connectivity index (χ3v) is 4.94. The molecule has 0 aliphatic carbocycles. The monoisotopic (exact) mass is 380 g/mol. The van der Waals surface area contributed by atoms with Crippen molar-refractivity contribution in [2.75, 3.05) is 12.3 Å². The molecule has 1 aliphatic rings. The number of aromatic nitrogens is 3. The quantitative estimate of drug-likeness (QED) is 0.475. The summed E-state index contributed by atoms with van der Waals surface area (Å²) in [5, 5.41) is 31.1. The minimum Gasteiger partial charge on any atom is -0.394 e. The van der Waals surface area contributed by atoms with E-state index in [1.165, 1.54) is 13.3 Å². The van der Waals surface area contributed by atoms with Gasteiger partial charge in [-0.2, -0.15) is 0 Å². The Hall–Kier alpha value is -2.96. The second-order valence-electron chi connectivity index (χ2n) is 6.90. The van der Waals surface area contributed by atoms with Gasteiger partial charge >= 0.3 is 0 Å². The predicted molar refractivity (Wildman–Crippen MR) is 102 cm³/mol. The predicted octanol–water partition coefficient (Wildman–Crippen LogP) is 0.415. The SMILES string of the molecule is C[C@@]1(O)[C@H](O)[C@@H](CO)O[C@H]1n1cc(C#Cc2ccccc2)c2c(N)ncnc21. The molecule has 28 heavy (non-hydrogen) atoms. The topological polar surface area (TPSA) is 127 Å². The Labute approximate surface area is 161 Å². The Balaban J connectivity index is 1.85. The van der Waals surface area contributed by atoms with Gasteiger partial charge < -0.3 is 30.4 Å². The summed E-state index contributed by atoms with van der Waals surface area (Å²) in [6, 6.07) is 9.47. The van der Waals surface area contributed by atoms with Crippen LogP contribution < -0.4 is 5.73 Å². The first kappa shape index (κ1) is 18.4. The van der Waals surface area contributed by atoms with E-state index in [0.29, 0.717) is 16.6 Å². The van der Waals surface area contributed by atoms with Crippen molar-refractivity contribution in [3.05, 3.63) is 54.0 Å². The van der Waals surface area contributed by atoms with E-state index in [-0.39, 0.29) is 5.82 Å². The first-order valence-electron chi connectivity index (χ1n) is 8.78. The molecule has 2 aromatic heterocycles. The molecule has 0 saturated carbocycles. The number of hydrogen-bond donors (Lipinski definition) is 4. The van der Waals surface area contributed by atoms with Gasteiger partial charge in [-0.3, -0.25) is 0 Å². The summed E-state index contributed by atoms with van der Waals surface area (Å²) in [5.41, 5.74) is 6.23. The van der Waals surface area contributed by atoms with Crippen molar-refractivity contribution < 1.29 is 20.1 Å². The minimum atomic E-state index is -1.65. The molecule has 0 bridgehead atoms. The molecule has 8 heteroatoms. The van der Waals surface area contributed by atoms with Crippen molar-refractivity contribution in [1.29, 1.82) is 0 Å². The van der Waals surface area contributed by atoms with Crippen LogP contribution in [0.2, 0.25) is 0 Å². The number of rotatable bonds is 2. The molecule has 0 amide bonds. The molecule has 1 fully saturated rings. The van der Waals surface area contributed by atoms with Gasteiger partial charge in [-0.05, 0) is 19.1 Å². The number of nitrogens with zero attached hydrogens (tertiary/aromatic N) is 3. The molecule has 5 N–H and O–H groups in total. The van der Waals surface area contributed by atoms with Crippen molar-refractivity contribution in [1.82, 2.24) is 14.5 Å². The van der Waals surface area contributed by atoms with Crippen LogP contribution in [0.3, 0.4) is 0 Å². The fourth-order valence-corrected chi connectivity index (χ4v) is 3.43. The highest BCUT2D eigenvalue weighted by Gasteiger charge is 2.53. The third kappa shape index (κ3) is 2.91. The zero-order valence-electron chi connectivity index (χ0n) is 15.1. The Morgan fingerprint density at radius 3 is 2.68 bits per heavy atom. The van der Waals surface area contributed by atoms with E-state index in [1.807, 2.05) is 30.3 Å². The lowest BCUT2D eigenvalue weighted by atomic mass is 9.96. The highest BCUT2D eigenvalue weighted by Crippen LogP contribution is 2.40. The van der Waals surface area contributed by atoms with Crippen molar-refractivity contribution in [2.45, 2.75) is 31.0 Å². The van der Waals surface area contributed by atoms with Crippen molar-refractivity contribution in [3.8, 4) is 11.8 Å². The highest BCUT2D eigenvalue weighted by molar-refractivity contribution is 5.92. The summed E-state index contributed by atoms with van der Waals surface area (Å²) in [7, 11) is 0. The molecule has 1 aromatic carbocycles. The molecule has 0 radical (unpaired) electrons. The van der Waals surface area contributed by atoms with Crippen LogP contribution in [0.25, 0.3) is 11.0 Å². The normalized spacial score (nSPS) is 26.9. The molecule has 3 heterocycles. The molecule has 4 rings (SSSR count). The largest absolute Gasteiger partial charge is 0.394 e. The average Bonchev–Trinajstić information content (AvgIpc) is 3.17. The summed E-state index contributed by atoms with van der Waals surface area (Å²) in [6.07, 6.45) is -0.194. The lowest BCUT2D eigenvalue weighted by molar-refractivity contribution is -0.0948. The number of aliphatic hydroxyl groups excluding tert-OH is 2. The van der Waals surface area contributed by atoms with Gasteiger partial charge in [0.2, 0.25) is 0 Å². The summed E-state index contributed by atoms with van der Waals surface area (Å²) < 4.78 is 7.28. The van der Waals surface area contributed by atoms with Crippen LogP contribution in [0.5, 0.6) is 0 Å². The Kier molecular flexibility index (Phi) is 4.53. The number of fused-ring (bicyclic) bond motifs is 1. The van der Waals surface area contributed by atoms with Crippen molar-refractivity contribution in [2.24, 2.45) is 0 Å². The van der Waals surface area contributed by atoms with E-state index in [2.05, 4.69) is 21.8 Å². The van der Waals surface area contributed by atoms with E-state index in [4.69, 9.17) is 10.5 Å². The molecular weight excluding hydrogens is 360 g/mol. The molecule has 1 saturated heterocycles. The molecule has 1 aliphatic heterocycles.